The second kappa shape index (κ2) is 3.64. The van der Waals surface area contributed by atoms with Crippen LogP contribution in [-0.2, 0) is 6.42 Å². The van der Waals surface area contributed by atoms with Gasteiger partial charge in [-0.1, -0.05) is 18.3 Å². The molecule has 0 fully saturated rings. The van der Waals surface area contributed by atoms with Gasteiger partial charge in [-0.2, -0.15) is 9.61 Å². The van der Waals surface area contributed by atoms with E-state index in [1.54, 1.807) is 16.9 Å². The molecular weight excluding hydrogens is 222 g/mol. The molecule has 16 heavy (non-hydrogen) atoms. The van der Waals surface area contributed by atoms with Gasteiger partial charge in [0.15, 0.2) is 5.82 Å². The minimum atomic E-state index is 0.829. The monoisotopic (exact) mass is 231 g/mol. The molecule has 3 aromatic heterocycles. The molecule has 3 aromatic rings. The van der Waals surface area contributed by atoms with Gasteiger partial charge in [0.25, 0.3) is 0 Å². The first-order chi connectivity index (χ1) is 7.88. The number of hydrogen-bond donors (Lipinski definition) is 0. The van der Waals surface area contributed by atoms with Gasteiger partial charge in [0.2, 0.25) is 4.96 Å². The Balaban J connectivity index is 2.16. The Bertz CT molecular complexity index is 612. The Labute approximate surface area is 95.8 Å². The van der Waals surface area contributed by atoms with E-state index in [9.17, 15) is 0 Å². The molecule has 0 amide bonds. The number of nitrogens with zero attached hydrogens (tertiary/aromatic N) is 5. The zero-order valence-electron chi connectivity index (χ0n) is 8.66. The first kappa shape index (κ1) is 9.41. The van der Waals surface area contributed by atoms with E-state index in [0.29, 0.717) is 0 Å². The molecule has 0 aliphatic rings. The van der Waals surface area contributed by atoms with Crippen LogP contribution in [0.25, 0.3) is 15.5 Å². The maximum absolute atomic E-state index is 4.48. The van der Waals surface area contributed by atoms with Crippen LogP contribution in [0.2, 0.25) is 0 Å². The second-order valence-corrected chi connectivity index (χ2v) is 4.27. The van der Waals surface area contributed by atoms with Crippen molar-refractivity contribution in [1.82, 2.24) is 24.8 Å². The standard InChI is InChI=1S/C10H9N5S/c1-2-8-12-13-10-15(8)14-9(16-10)7-4-3-5-11-6-7/h3-6H,2H2,1H3. The zero-order valence-corrected chi connectivity index (χ0v) is 9.48. The Kier molecular flexibility index (Phi) is 2.14. The van der Waals surface area contributed by atoms with Gasteiger partial charge in [0.05, 0.1) is 0 Å². The van der Waals surface area contributed by atoms with E-state index < -0.39 is 0 Å². The van der Waals surface area contributed by atoms with Gasteiger partial charge in [0.1, 0.15) is 5.01 Å². The zero-order chi connectivity index (χ0) is 11.0. The van der Waals surface area contributed by atoms with Gasteiger partial charge in [-0.15, -0.1) is 10.2 Å². The lowest BCUT2D eigenvalue weighted by atomic mass is 10.3. The van der Waals surface area contributed by atoms with E-state index in [2.05, 4.69) is 20.3 Å². The van der Waals surface area contributed by atoms with Gasteiger partial charge in [0, 0.05) is 24.4 Å². The highest BCUT2D eigenvalue weighted by Crippen LogP contribution is 2.24. The third-order valence-corrected chi connectivity index (χ3v) is 3.23. The first-order valence-electron chi connectivity index (χ1n) is 5.00. The summed E-state index contributed by atoms with van der Waals surface area (Å²) in [5, 5.41) is 13.5. The molecule has 80 valence electrons. The summed E-state index contributed by atoms with van der Waals surface area (Å²) in [5.74, 6) is 0.890. The topological polar surface area (TPSA) is 56.0 Å². The van der Waals surface area contributed by atoms with Crippen molar-refractivity contribution in [3.63, 3.8) is 0 Å². The van der Waals surface area contributed by atoms with Crippen molar-refractivity contribution in [2.75, 3.05) is 0 Å². The van der Waals surface area contributed by atoms with Crippen LogP contribution in [0.1, 0.15) is 12.7 Å². The fourth-order valence-corrected chi connectivity index (χ4v) is 2.33. The summed E-state index contributed by atoms with van der Waals surface area (Å²) in [7, 11) is 0. The third kappa shape index (κ3) is 1.38. The minimum absolute atomic E-state index is 0.829. The van der Waals surface area contributed by atoms with Crippen LogP contribution in [0.15, 0.2) is 24.5 Å². The lowest BCUT2D eigenvalue weighted by molar-refractivity contribution is 0.837. The van der Waals surface area contributed by atoms with Crippen LogP contribution in [0.3, 0.4) is 0 Å². The summed E-state index contributed by atoms with van der Waals surface area (Å²) >= 11 is 1.52. The predicted octanol–water partition coefficient (Wildman–Crippen LogP) is 1.81. The van der Waals surface area contributed by atoms with Crippen LogP contribution in [0, 0.1) is 0 Å². The van der Waals surface area contributed by atoms with Crippen molar-refractivity contribution < 1.29 is 0 Å². The van der Waals surface area contributed by atoms with E-state index in [1.165, 1.54) is 11.3 Å². The number of rotatable bonds is 2. The van der Waals surface area contributed by atoms with Crippen LogP contribution < -0.4 is 0 Å². The van der Waals surface area contributed by atoms with Gasteiger partial charge in [-0.3, -0.25) is 4.98 Å². The van der Waals surface area contributed by atoms with Crippen molar-refractivity contribution in [3.05, 3.63) is 30.4 Å². The van der Waals surface area contributed by atoms with E-state index in [4.69, 9.17) is 0 Å². The van der Waals surface area contributed by atoms with Gasteiger partial charge in [-0.05, 0) is 12.1 Å². The number of fused-ring (bicyclic) bond motifs is 1. The highest BCUT2D eigenvalue weighted by molar-refractivity contribution is 7.19. The Morgan fingerprint density at radius 3 is 3.06 bits per heavy atom. The molecule has 3 rings (SSSR count). The summed E-state index contributed by atoms with van der Waals surface area (Å²) in [6, 6.07) is 3.89. The summed E-state index contributed by atoms with van der Waals surface area (Å²) in [5.41, 5.74) is 1.01. The average molecular weight is 231 g/mol. The molecule has 0 aromatic carbocycles. The van der Waals surface area contributed by atoms with E-state index >= 15 is 0 Å². The highest BCUT2D eigenvalue weighted by Gasteiger charge is 2.11. The molecule has 0 aliphatic carbocycles. The number of pyridine rings is 1. The normalized spacial score (nSPS) is 11.1. The molecule has 5 nitrogen and oxygen atoms in total. The van der Waals surface area contributed by atoms with Crippen LogP contribution in [0.4, 0.5) is 0 Å². The quantitative estimate of drug-likeness (QED) is 0.675. The van der Waals surface area contributed by atoms with E-state index in [1.807, 2.05) is 19.1 Å². The number of hydrogen-bond acceptors (Lipinski definition) is 5. The lowest BCUT2D eigenvalue weighted by Gasteiger charge is -1.92. The van der Waals surface area contributed by atoms with Gasteiger partial charge < -0.3 is 0 Å². The van der Waals surface area contributed by atoms with Crippen molar-refractivity contribution in [2.24, 2.45) is 0 Å². The minimum Gasteiger partial charge on any atom is -0.264 e. The number of aromatic nitrogens is 5. The summed E-state index contributed by atoms with van der Waals surface area (Å²) in [6.07, 6.45) is 4.38. The molecule has 0 spiro atoms. The van der Waals surface area contributed by atoms with E-state index in [0.717, 1.165) is 27.8 Å². The predicted molar refractivity (Wildman–Crippen MR) is 61.3 cm³/mol. The molecule has 0 unspecified atom stereocenters. The lowest BCUT2D eigenvalue weighted by Crippen LogP contribution is -1.93. The summed E-state index contributed by atoms with van der Waals surface area (Å²) in [6.45, 7) is 2.04. The molecule has 0 atom stereocenters. The smallest absolute Gasteiger partial charge is 0.234 e. The molecule has 0 N–H and O–H groups in total. The van der Waals surface area contributed by atoms with Crippen molar-refractivity contribution in [3.8, 4) is 10.6 Å². The third-order valence-electron chi connectivity index (χ3n) is 2.28. The molecule has 0 radical (unpaired) electrons. The maximum Gasteiger partial charge on any atom is 0.234 e. The maximum atomic E-state index is 4.48. The largest absolute Gasteiger partial charge is 0.264 e. The van der Waals surface area contributed by atoms with Crippen molar-refractivity contribution in [1.29, 1.82) is 0 Å². The molecular formula is C10H9N5S. The van der Waals surface area contributed by atoms with E-state index in [-0.39, 0.29) is 0 Å². The van der Waals surface area contributed by atoms with Crippen LogP contribution in [0.5, 0.6) is 0 Å². The summed E-state index contributed by atoms with van der Waals surface area (Å²) in [4.78, 5) is 4.91. The molecule has 0 saturated carbocycles. The molecule has 3 heterocycles. The Morgan fingerprint density at radius 2 is 2.31 bits per heavy atom. The number of aryl methyl sites for hydroxylation is 1. The second-order valence-electron chi connectivity index (χ2n) is 3.31. The molecule has 0 aliphatic heterocycles. The SMILES string of the molecule is CCc1nnc2sc(-c3cccnc3)nn12. The van der Waals surface area contributed by atoms with Gasteiger partial charge >= 0.3 is 0 Å². The fraction of sp³-hybridized carbons (Fsp3) is 0.200. The molecule has 6 heteroatoms. The first-order valence-corrected chi connectivity index (χ1v) is 5.81. The Morgan fingerprint density at radius 1 is 1.38 bits per heavy atom. The van der Waals surface area contributed by atoms with Crippen LogP contribution in [-0.4, -0.2) is 24.8 Å². The highest BCUT2D eigenvalue weighted by atomic mass is 32.1. The van der Waals surface area contributed by atoms with Gasteiger partial charge in [-0.25, -0.2) is 0 Å². The fourth-order valence-electron chi connectivity index (χ4n) is 1.48. The molecule has 0 saturated heterocycles. The molecule has 0 bridgehead atoms. The van der Waals surface area contributed by atoms with Crippen molar-refractivity contribution in [2.45, 2.75) is 13.3 Å². The summed E-state index contributed by atoms with van der Waals surface area (Å²) < 4.78 is 1.80. The Hall–Kier alpha value is -1.82. The van der Waals surface area contributed by atoms with Crippen LogP contribution >= 0.6 is 11.3 Å². The average Bonchev–Trinajstić information content (AvgIpc) is 2.89. The van der Waals surface area contributed by atoms with Crippen molar-refractivity contribution >= 4 is 16.3 Å².